The van der Waals surface area contributed by atoms with Crippen molar-refractivity contribution in [2.75, 3.05) is 33.1 Å². The molecule has 3 aromatic carbocycles. The summed E-state index contributed by atoms with van der Waals surface area (Å²) in [4.78, 5) is 17.7. The summed E-state index contributed by atoms with van der Waals surface area (Å²) in [6.45, 7) is 7.99. The van der Waals surface area contributed by atoms with Gasteiger partial charge in [0.05, 0.1) is 35.7 Å². The second-order valence-corrected chi connectivity index (χ2v) is 20.7. The van der Waals surface area contributed by atoms with Crippen LogP contribution in [-0.2, 0) is 41.3 Å². The second-order valence-electron chi connectivity index (χ2n) is 15.0. The molecule has 0 saturated heterocycles. The highest BCUT2D eigenvalue weighted by Gasteiger charge is 2.50. The Balaban J connectivity index is 1.27. The van der Waals surface area contributed by atoms with Gasteiger partial charge in [-0.1, -0.05) is 99.1 Å². The number of aryl methyl sites for hydroxylation is 3. The quantitative estimate of drug-likeness (QED) is 0.0661. The summed E-state index contributed by atoms with van der Waals surface area (Å²) in [5.41, 5.74) is 14.3. The van der Waals surface area contributed by atoms with Gasteiger partial charge in [0.1, 0.15) is 5.69 Å². The van der Waals surface area contributed by atoms with Gasteiger partial charge < -0.3 is 24.6 Å². The van der Waals surface area contributed by atoms with Gasteiger partial charge in [0.15, 0.2) is 0 Å². The fourth-order valence-electron chi connectivity index (χ4n) is 8.12. The van der Waals surface area contributed by atoms with Crippen molar-refractivity contribution >= 4 is 64.6 Å². The Labute approximate surface area is 334 Å². The smallest absolute Gasteiger partial charge is 0.354 e. The molecule has 0 atom stereocenters. The van der Waals surface area contributed by atoms with Crippen molar-refractivity contribution in [3.8, 4) is 11.1 Å². The van der Waals surface area contributed by atoms with Crippen LogP contribution in [-0.4, -0.2) is 72.6 Å². The number of aliphatic hydroxyl groups excluding tert-OH is 1. The Morgan fingerprint density at radius 2 is 1.75 bits per heavy atom. The van der Waals surface area contributed by atoms with E-state index in [4.69, 9.17) is 31.6 Å². The number of ether oxygens (including phenoxy) is 1. The molecule has 1 aliphatic rings. The van der Waals surface area contributed by atoms with Crippen LogP contribution in [0.1, 0.15) is 61.1 Å². The van der Waals surface area contributed by atoms with Crippen molar-refractivity contribution in [3.63, 3.8) is 0 Å². The fourth-order valence-corrected chi connectivity index (χ4v) is 13.7. The van der Waals surface area contributed by atoms with Crippen molar-refractivity contribution in [1.82, 2.24) is 14.3 Å². The van der Waals surface area contributed by atoms with Gasteiger partial charge in [-0.3, -0.25) is 9.67 Å². The van der Waals surface area contributed by atoms with Gasteiger partial charge in [0.25, 0.3) is 8.32 Å². The number of carbonyl (C=O) groups is 1. The Kier molecular flexibility index (Phi) is 12.8. The van der Waals surface area contributed by atoms with Crippen LogP contribution in [0.3, 0.4) is 0 Å². The van der Waals surface area contributed by atoms with Crippen molar-refractivity contribution in [1.29, 1.82) is 0 Å². The molecule has 0 unspecified atom stereocenters. The van der Waals surface area contributed by atoms with Gasteiger partial charge in [0, 0.05) is 66.7 Å². The highest BCUT2D eigenvalue weighted by Crippen LogP contribution is 2.44. The zero-order valence-corrected chi connectivity index (χ0v) is 35.3. The van der Waals surface area contributed by atoms with Crippen LogP contribution in [0.15, 0.2) is 89.6 Å². The minimum atomic E-state index is -2.75. The molecular weight excluding hydrogens is 746 g/mol. The van der Waals surface area contributed by atoms with Gasteiger partial charge in [-0.2, -0.15) is 5.10 Å². The molecule has 2 aromatic heterocycles. The molecule has 3 heterocycles. The first-order chi connectivity index (χ1) is 26.5. The van der Waals surface area contributed by atoms with Crippen LogP contribution in [0.4, 0.5) is 0 Å². The molecule has 0 radical (unpaired) electrons. The normalized spacial score (nSPS) is 13.8. The number of carbonyl (C=O) groups excluding carboxylic acids is 1. The number of nitrogens with zero attached hydrogens (tertiary/aromatic N) is 4. The molecule has 12 heteroatoms. The van der Waals surface area contributed by atoms with Gasteiger partial charge in [-0.15, -0.1) is 11.8 Å². The molecule has 0 fully saturated rings. The van der Waals surface area contributed by atoms with Crippen LogP contribution in [0.5, 0.6) is 0 Å². The first kappa shape index (κ1) is 40.5. The molecule has 1 aliphatic heterocycles. The summed E-state index contributed by atoms with van der Waals surface area (Å²) in [6, 6.07) is 25.1. The Bertz CT molecular complexity index is 2170. The largest absolute Gasteiger partial charge is 0.464 e. The molecule has 0 saturated carbocycles. The van der Waals surface area contributed by atoms with Gasteiger partial charge in [0.2, 0.25) is 0 Å². The van der Waals surface area contributed by atoms with E-state index in [2.05, 4.69) is 79.0 Å². The average Bonchev–Trinajstić information content (AvgIpc) is 3.85. The number of benzene rings is 3. The number of esters is 1. The molecule has 5 aromatic rings. The number of aromatic nitrogens is 3. The number of nitrogens with two attached hydrogens (primary N) is 1. The number of hydrogen-bond donors (Lipinski definition) is 2. The van der Waals surface area contributed by atoms with Crippen molar-refractivity contribution < 1.29 is 19.1 Å². The summed E-state index contributed by atoms with van der Waals surface area (Å²) in [5.74, 6) is 0.762. The molecule has 0 bridgehead atoms. The maximum absolute atomic E-state index is 13.1. The highest BCUT2D eigenvalue weighted by atomic mass is 35.5. The number of methoxy groups -OCH3 is 1. The maximum atomic E-state index is 13.1. The van der Waals surface area contributed by atoms with Crippen LogP contribution < -0.4 is 16.1 Å². The summed E-state index contributed by atoms with van der Waals surface area (Å²) < 4.78 is 16.3. The average molecular weight is 799 g/mol. The first-order valence-corrected chi connectivity index (χ1v) is 22.2. The van der Waals surface area contributed by atoms with Crippen molar-refractivity contribution in [2.24, 2.45) is 17.8 Å². The third kappa shape index (κ3) is 7.95. The lowest BCUT2D eigenvalue weighted by Crippen LogP contribution is -2.67. The molecule has 6 rings (SSSR count). The molecule has 0 aliphatic carbocycles. The van der Waals surface area contributed by atoms with E-state index in [1.54, 1.807) is 18.8 Å². The van der Waals surface area contributed by atoms with E-state index < -0.39 is 14.3 Å². The van der Waals surface area contributed by atoms with E-state index in [9.17, 15) is 9.90 Å². The third-order valence-electron chi connectivity index (χ3n) is 10.5. The van der Waals surface area contributed by atoms with E-state index in [1.807, 2.05) is 42.0 Å². The van der Waals surface area contributed by atoms with E-state index in [1.165, 1.54) is 17.5 Å². The number of thioether (sulfide) groups is 1. The Morgan fingerprint density at radius 1 is 1.07 bits per heavy atom. The lowest BCUT2D eigenvalue weighted by molar-refractivity contribution is 0.0589. The number of fused-ring (bicyclic) bond motifs is 2. The fraction of sp³-hybridized carbons (Fsp3) is 0.372. The number of halogens is 1. The van der Waals surface area contributed by atoms with Crippen LogP contribution in [0.2, 0.25) is 10.1 Å². The molecule has 3 N–H and O–H groups in total. The van der Waals surface area contributed by atoms with Gasteiger partial charge in [-0.05, 0) is 58.8 Å². The van der Waals surface area contributed by atoms with Crippen LogP contribution >= 0.6 is 23.4 Å². The van der Waals surface area contributed by atoms with E-state index in [0.717, 1.165) is 64.1 Å². The van der Waals surface area contributed by atoms with Gasteiger partial charge in [-0.25, -0.2) is 4.79 Å². The molecular formula is C43H52ClN5O4SSi. The number of aliphatic imine (C=N–C) groups is 1. The predicted octanol–water partition coefficient (Wildman–Crippen LogP) is 7.08. The summed E-state index contributed by atoms with van der Waals surface area (Å²) >= 11 is 8.77. The number of aliphatic hydroxyl groups is 1. The summed E-state index contributed by atoms with van der Waals surface area (Å²) in [5, 5.41) is 18.5. The topological polar surface area (TPSA) is 117 Å². The third-order valence-corrected chi connectivity index (χ3v) is 16.8. The molecule has 0 amide bonds. The second kappa shape index (κ2) is 17.3. The summed E-state index contributed by atoms with van der Waals surface area (Å²) in [7, 11) is 2.31. The van der Waals surface area contributed by atoms with Crippen LogP contribution in [0, 0.1) is 0 Å². The maximum Gasteiger partial charge on any atom is 0.354 e. The predicted molar refractivity (Wildman–Crippen MR) is 230 cm³/mol. The Hall–Kier alpha value is -4.13. The SMILES string of the molecule is CN=C(C=C(N)CSCc1nn2c(c1-c1c(Cl)ccc3c(CCCO)c(C(=O)OC)n(C)c13)CCC2)CO[Si](c1ccccc1)(c1ccccc1)C(C)(C)C. The molecule has 55 heavy (non-hydrogen) atoms. The summed E-state index contributed by atoms with van der Waals surface area (Å²) in [6.07, 6.45) is 4.89. The molecule has 290 valence electrons. The minimum absolute atomic E-state index is 0.0206. The lowest BCUT2D eigenvalue weighted by Gasteiger charge is -2.43. The lowest BCUT2D eigenvalue weighted by atomic mass is 9.97. The standard InChI is InChI=1S/C43H52ClN5O4SSi/c1-43(2,3)55(31-15-9-7-10-16-31,32-17-11-8-12-18-32)53-26-30(46-4)25-29(45)27-54-28-36-39(37-20-13-23-49(37)47-36)38-35(44)22-21-34-33(19-14-24-50)41(42(51)52-6)48(5)40(34)38/h7-12,15-18,21-22,25,50H,13-14,19-20,23-24,26-28,45H2,1-6H3. The number of rotatable bonds is 15. The van der Waals surface area contributed by atoms with Crippen LogP contribution in [0.25, 0.3) is 22.0 Å². The minimum Gasteiger partial charge on any atom is -0.464 e. The van der Waals surface area contributed by atoms with Gasteiger partial charge >= 0.3 is 5.97 Å². The van der Waals surface area contributed by atoms with E-state index in [-0.39, 0.29) is 11.6 Å². The number of hydrogen-bond acceptors (Lipinski definition) is 8. The Morgan fingerprint density at radius 3 is 2.35 bits per heavy atom. The monoisotopic (exact) mass is 797 g/mol. The highest BCUT2D eigenvalue weighted by molar-refractivity contribution is 7.98. The van der Waals surface area contributed by atoms with Crippen molar-refractivity contribution in [2.45, 2.75) is 63.8 Å². The van der Waals surface area contributed by atoms with Crippen molar-refractivity contribution in [3.05, 3.63) is 112 Å². The molecule has 9 nitrogen and oxygen atoms in total. The van der Waals surface area contributed by atoms with E-state index in [0.29, 0.717) is 47.4 Å². The molecule has 0 spiro atoms. The first-order valence-electron chi connectivity index (χ1n) is 18.8. The van der Waals surface area contributed by atoms with E-state index >= 15 is 0 Å². The zero-order valence-electron chi connectivity index (χ0n) is 32.7. The zero-order chi connectivity index (χ0) is 39.3.